The maximum absolute atomic E-state index is 11.9. The van der Waals surface area contributed by atoms with Crippen molar-refractivity contribution in [3.05, 3.63) is 21.9 Å². The molecule has 1 aromatic heterocycles. The topological polar surface area (TPSA) is 17.1 Å². The van der Waals surface area contributed by atoms with Crippen LogP contribution in [0.25, 0.3) is 0 Å². The number of carbonyl (C=O) groups excluding carboxylic acids is 1. The van der Waals surface area contributed by atoms with Crippen LogP contribution in [0.5, 0.6) is 0 Å². The van der Waals surface area contributed by atoms with Gasteiger partial charge in [-0.25, -0.2) is 0 Å². The first-order valence-corrected chi connectivity index (χ1v) is 3.97. The molecule has 1 nitrogen and oxygen atoms in total. The average molecular weight is 215 g/mol. The highest BCUT2D eigenvalue weighted by Crippen LogP contribution is 2.34. The zero-order valence-corrected chi connectivity index (χ0v) is 7.06. The maximum atomic E-state index is 11.9. The van der Waals surface area contributed by atoms with E-state index in [1.165, 1.54) is 0 Å². The molecule has 0 aliphatic rings. The van der Waals surface area contributed by atoms with Gasteiger partial charge >= 0.3 is 6.18 Å². The summed E-state index contributed by atoms with van der Waals surface area (Å²) < 4.78 is 35.8. The number of halogens is 4. The summed E-state index contributed by atoms with van der Waals surface area (Å²) in [6, 6.07) is 1.89. The first-order chi connectivity index (χ1) is 5.41. The normalized spacial score (nSPS) is 11.7. The Morgan fingerprint density at radius 1 is 1.42 bits per heavy atom. The molecular formula is C6H2ClF3OS. The van der Waals surface area contributed by atoms with E-state index >= 15 is 0 Å². The van der Waals surface area contributed by atoms with Gasteiger partial charge in [0.25, 0.3) is 5.24 Å². The Bertz CT molecular complexity index is 304. The molecule has 0 fully saturated rings. The number of carbonyl (C=O) groups is 1. The summed E-state index contributed by atoms with van der Waals surface area (Å²) in [4.78, 5) is 9.49. The Morgan fingerprint density at radius 3 is 2.25 bits per heavy atom. The van der Waals surface area contributed by atoms with E-state index in [0.29, 0.717) is 11.3 Å². The van der Waals surface area contributed by atoms with E-state index in [1.54, 1.807) is 0 Å². The van der Waals surface area contributed by atoms with Gasteiger partial charge < -0.3 is 0 Å². The molecule has 0 N–H and O–H groups in total. The first kappa shape index (κ1) is 9.54. The smallest absolute Gasteiger partial charge is 0.275 e. The third kappa shape index (κ3) is 1.98. The van der Waals surface area contributed by atoms with Crippen LogP contribution in [0.1, 0.15) is 14.5 Å². The summed E-state index contributed by atoms with van der Waals surface area (Å²) in [5, 5.41) is -0.865. The maximum Gasteiger partial charge on any atom is 0.425 e. The zero-order chi connectivity index (χ0) is 9.35. The predicted molar refractivity (Wildman–Crippen MR) is 39.5 cm³/mol. The fourth-order valence-corrected chi connectivity index (χ4v) is 1.48. The van der Waals surface area contributed by atoms with Gasteiger partial charge in [-0.15, -0.1) is 11.3 Å². The quantitative estimate of drug-likeness (QED) is 0.657. The molecule has 66 valence electrons. The molecule has 0 unspecified atom stereocenters. The predicted octanol–water partition coefficient (Wildman–Crippen LogP) is 3.15. The highest BCUT2D eigenvalue weighted by Gasteiger charge is 2.32. The molecule has 1 aromatic rings. The zero-order valence-electron chi connectivity index (χ0n) is 5.48. The van der Waals surface area contributed by atoms with Crippen molar-refractivity contribution in [3.63, 3.8) is 0 Å². The van der Waals surface area contributed by atoms with Crippen LogP contribution in [0.15, 0.2) is 12.1 Å². The molecule has 0 saturated carbocycles. The third-order valence-electron chi connectivity index (χ3n) is 1.08. The van der Waals surface area contributed by atoms with Gasteiger partial charge in [0.15, 0.2) is 0 Å². The Labute approximate surface area is 74.8 Å². The number of rotatable bonds is 1. The lowest BCUT2D eigenvalue weighted by molar-refractivity contribution is -0.134. The molecule has 1 heterocycles. The van der Waals surface area contributed by atoms with Crippen LogP contribution in [0, 0.1) is 0 Å². The van der Waals surface area contributed by atoms with Gasteiger partial charge in [-0.2, -0.15) is 13.2 Å². The van der Waals surface area contributed by atoms with Crippen LogP contribution in [-0.4, -0.2) is 5.24 Å². The van der Waals surface area contributed by atoms with E-state index in [-0.39, 0.29) is 4.88 Å². The van der Waals surface area contributed by atoms with Crippen LogP contribution in [0.2, 0.25) is 0 Å². The molecule has 0 aliphatic carbocycles. The molecule has 0 bridgehead atoms. The lowest BCUT2D eigenvalue weighted by Gasteiger charge is -1.99. The highest BCUT2D eigenvalue weighted by atomic mass is 35.5. The molecule has 0 aromatic carbocycles. The summed E-state index contributed by atoms with van der Waals surface area (Å²) in [7, 11) is 0. The molecule has 0 spiro atoms. The van der Waals surface area contributed by atoms with E-state index in [1.807, 2.05) is 0 Å². The van der Waals surface area contributed by atoms with Gasteiger partial charge in [0.05, 0.1) is 4.88 Å². The number of alkyl halides is 3. The Morgan fingerprint density at radius 2 is 2.00 bits per heavy atom. The van der Waals surface area contributed by atoms with Crippen molar-refractivity contribution < 1.29 is 18.0 Å². The van der Waals surface area contributed by atoms with Crippen LogP contribution in [0.3, 0.4) is 0 Å². The monoisotopic (exact) mass is 214 g/mol. The molecule has 1 rings (SSSR count). The SMILES string of the molecule is O=C(Cl)c1ccc(C(F)(F)F)s1. The van der Waals surface area contributed by atoms with E-state index in [4.69, 9.17) is 11.6 Å². The van der Waals surface area contributed by atoms with Crippen LogP contribution < -0.4 is 0 Å². The number of thiophene rings is 1. The van der Waals surface area contributed by atoms with Crippen molar-refractivity contribution in [3.8, 4) is 0 Å². The Balaban J connectivity index is 3.00. The molecule has 12 heavy (non-hydrogen) atoms. The van der Waals surface area contributed by atoms with Crippen LogP contribution >= 0.6 is 22.9 Å². The summed E-state index contributed by atoms with van der Waals surface area (Å²) >= 11 is 5.31. The second-order valence-electron chi connectivity index (χ2n) is 1.94. The van der Waals surface area contributed by atoms with Crippen molar-refractivity contribution in [1.82, 2.24) is 0 Å². The summed E-state index contributed by atoms with van der Waals surface area (Å²) in [6.07, 6.45) is -4.39. The minimum Gasteiger partial charge on any atom is -0.275 e. The molecule has 0 saturated heterocycles. The van der Waals surface area contributed by atoms with Gasteiger partial charge in [0.1, 0.15) is 4.88 Å². The fraction of sp³-hybridized carbons (Fsp3) is 0.167. The largest absolute Gasteiger partial charge is 0.425 e. The van der Waals surface area contributed by atoms with Crippen LogP contribution in [-0.2, 0) is 6.18 Å². The highest BCUT2D eigenvalue weighted by molar-refractivity contribution is 7.15. The molecule has 0 amide bonds. The minimum absolute atomic E-state index is 0.0935. The van der Waals surface area contributed by atoms with Gasteiger partial charge in [-0.1, -0.05) is 0 Å². The van der Waals surface area contributed by atoms with Crippen molar-refractivity contribution in [1.29, 1.82) is 0 Å². The lowest BCUT2D eigenvalue weighted by Crippen LogP contribution is -2.00. The summed E-state index contributed by atoms with van der Waals surface area (Å²) in [5.41, 5.74) is 0. The van der Waals surface area contributed by atoms with Crippen molar-refractivity contribution in [2.45, 2.75) is 6.18 Å². The molecule has 0 aliphatic heterocycles. The summed E-state index contributed by atoms with van der Waals surface area (Å²) in [6.45, 7) is 0. The molecule has 0 radical (unpaired) electrons. The standard InChI is InChI=1S/C6H2ClF3OS/c7-5(11)3-1-2-4(12-3)6(8,9)10/h1-2H. The summed E-state index contributed by atoms with van der Waals surface area (Å²) in [5.74, 6) is 0. The minimum atomic E-state index is -4.39. The van der Waals surface area contributed by atoms with E-state index in [9.17, 15) is 18.0 Å². The van der Waals surface area contributed by atoms with Crippen molar-refractivity contribution >= 4 is 28.2 Å². The molecular weight excluding hydrogens is 213 g/mol. The number of hydrogen-bond acceptors (Lipinski definition) is 2. The van der Waals surface area contributed by atoms with Gasteiger partial charge in [-0.05, 0) is 23.7 Å². The van der Waals surface area contributed by atoms with Crippen LogP contribution in [0.4, 0.5) is 13.2 Å². The second-order valence-corrected chi connectivity index (χ2v) is 3.36. The average Bonchev–Trinajstić information content (AvgIpc) is 2.30. The van der Waals surface area contributed by atoms with E-state index in [0.717, 1.165) is 12.1 Å². The molecule has 0 atom stereocenters. The van der Waals surface area contributed by atoms with Crippen molar-refractivity contribution in [2.75, 3.05) is 0 Å². The van der Waals surface area contributed by atoms with Crippen molar-refractivity contribution in [2.24, 2.45) is 0 Å². The van der Waals surface area contributed by atoms with Gasteiger partial charge in [0, 0.05) is 0 Å². The van der Waals surface area contributed by atoms with E-state index in [2.05, 4.69) is 0 Å². The molecule has 6 heteroatoms. The fourth-order valence-electron chi connectivity index (χ4n) is 0.596. The number of hydrogen-bond donors (Lipinski definition) is 0. The van der Waals surface area contributed by atoms with Gasteiger partial charge in [0.2, 0.25) is 0 Å². The van der Waals surface area contributed by atoms with E-state index < -0.39 is 16.3 Å². The third-order valence-corrected chi connectivity index (χ3v) is 2.52. The second kappa shape index (κ2) is 3.06. The Kier molecular flexibility index (Phi) is 2.44. The Hall–Kier alpha value is -0.550. The lowest BCUT2D eigenvalue weighted by atomic mass is 10.4. The van der Waals surface area contributed by atoms with Gasteiger partial charge in [-0.3, -0.25) is 4.79 Å². The first-order valence-electron chi connectivity index (χ1n) is 2.78.